The Kier molecular flexibility index (Phi) is 4.67. The van der Waals surface area contributed by atoms with Crippen LogP contribution in [0.1, 0.15) is 25.5 Å². The quantitative estimate of drug-likeness (QED) is 0.910. The second kappa shape index (κ2) is 6.30. The van der Waals surface area contributed by atoms with Crippen LogP contribution in [0.2, 0.25) is 0 Å². The Morgan fingerprint density at radius 2 is 1.67 bits per heavy atom. The topological polar surface area (TPSA) is 70.3 Å². The molecule has 1 aromatic carbocycles. The molecule has 2 aromatic rings. The van der Waals surface area contributed by atoms with Gasteiger partial charge in [0.15, 0.2) is 17.3 Å². The van der Waals surface area contributed by atoms with Gasteiger partial charge in [-0.05, 0) is 34.0 Å². The predicted molar refractivity (Wildman–Crippen MR) is 86.8 cm³/mol. The van der Waals surface area contributed by atoms with Crippen molar-refractivity contribution in [1.29, 1.82) is 0 Å². The summed E-state index contributed by atoms with van der Waals surface area (Å²) in [7, 11) is 3.19. The number of aromatic nitrogens is 2. The first-order chi connectivity index (χ1) is 9.96. The van der Waals surface area contributed by atoms with Crippen LogP contribution < -0.4 is 15.2 Å². The molecule has 1 aromatic heterocycles. The van der Waals surface area contributed by atoms with E-state index in [1.807, 2.05) is 12.1 Å². The van der Waals surface area contributed by atoms with Crippen molar-refractivity contribution in [1.82, 2.24) is 9.97 Å². The maximum Gasteiger partial charge on any atom is 0.163 e. The normalized spacial score (nSPS) is 10.8. The molecule has 0 radical (unpaired) electrons. The molecule has 0 amide bonds. The highest BCUT2D eigenvalue weighted by Gasteiger charge is 2.15. The monoisotopic (exact) mass is 351 g/mol. The van der Waals surface area contributed by atoms with Gasteiger partial charge in [0.1, 0.15) is 5.82 Å². The molecule has 0 saturated heterocycles. The van der Waals surface area contributed by atoms with E-state index >= 15 is 0 Å². The van der Waals surface area contributed by atoms with E-state index in [0.29, 0.717) is 23.1 Å². The molecule has 0 atom stereocenters. The number of methoxy groups -OCH3 is 2. The van der Waals surface area contributed by atoms with E-state index in [9.17, 15) is 0 Å². The third-order valence-corrected chi connectivity index (χ3v) is 3.73. The number of anilines is 1. The molecule has 21 heavy (non-hydrogen) atoms. The van der Waals surface area contributed by atoms with Crippen molar-refractivity contribution in [3.8, 4) is 22.9 Å². The summed E-state index contributed by atoms with van der Waals surface area (Å²) in [4.78, 5) is 8.90. The number of hydrogen-bond donors (Lipinski definition) is 1. The predicted octanol–water partition coefficient (Wildman–Crippen LogP) is 3.63. The first-order valence-electron chi connectivity index (χ1n) is 6.52. The Balaban J connectivity index is 2.61. The van der Waals surface area contributed by atoms with Gasteiger partial charge in [-0.1, -0.05) is 13.8 Å². The fourth-order valence-electron chi connectivity index (χ4n) is 1.93. The van der Waals surface area contributed by atoms with E-state index < -0.39 is 0 Å². The minimum Gasteiger partial charge on any atom is -0.493 e. The highest BCUT2D eigenvalue weighted by Crippen LogP contribution is 2.37. The van der Waals surface area contributed by atoms with Gasteiger partial charge < -0.3 is 15.2 Å². The summed E-state index contributed by atoms with van der Waals surface area (Å²) in [6, 6.07) is 5.46. The van der Waals surface area contributed by atoms with Crippen LogP contribution in [0.4, 0.5) is 5.82 Å². The molecule has 0 bridgehead atoms. The number of ether oxygens (including phenoxy) is 2. The molecular formula is C15H18BrN3O2. The first kappa shape index (κ1) is 15.6. The summed E-state index contributed by atoms with van der Waals surface area (Å²) in [5, 5.41) is 0. The van der Waals surface area contributed by atoms with E-state index in [1.54, 1.807) is 20.3 Å². The minimum atomic E-state index is 0.271. The number of benzene rings is 1. The van der Waals surface area contributed by atoms with Gasteiger partial charge in [0.05, 0.1) is 14.2 Å². The van der Waals surface area contributed by atoms with Crippen molar-refractivity contribution >= 4 is 21.7 Å². The van der Waals surface area contributed by atoms with E-state index in [2.05, 4.69) is 39.7 Å². The molecule has 5 nitrogen and oxygen atoms in total. The van der Waals surface area contributed by atoms with Crippen molar-refractivity contribution < 1.29 is 9.47 Å². The number of rotatable bonds is 4. The smallest absolute Gasteiger partial charge is 0.163 e. The molecule has 0 aliphatic heterocycles. The zero-order chi connectivity index (χ0) is 15.6. The van der Waals surface area contributed by atoms with Gasteiger partial charge >= 0.3 is 0 Å². The molecule has 2 rings (SSSR count). The fraction of sp³-hybridized carbons (Fsp3) is 0.333. The van der Waals surface area contributed by atoms with Crippen LogP contribution in [0.15, 0.2) is 22.7 Å². The largest absolute Gasteiger partial charge is 0.493 e. The second-order valence-corrected chi connectivity index (χ2v) is 5.74. The highest BCUT2D eigenvalue weighted by atomic mass is 79.9. The standard InChI is InChI=1S/C15H18BrN3O2/c1-8(2)11-7-14(17)19-15(18-11)9-5-12(20-3)13(21-4)6-10(9)16/h5-8H,1-4H3,(H2,17,18,19). The minimum absolute atomic E-state index is 0.271. The van der Waals surface area contributed by atoms with Crippen molar-refractivity contribution in [2.24, 2.45) is 0 Å². The van der Waals surface area contributed by atoms with Crippen LogP contribution in [-0.2, 0) is 0 Å². The third kappa shape index (κ3) is 3.26. The number of halogens is 1. The van der Waals surface area contributed by atoms with E-state index in [-0.39, 0.29) is 5.92 Å². The van der Waals surface area contributed by atoms with Crippen molar-refractivity contribution in [2.45, 2.75) is 19.8 Å². The van der Waals surface area contributed by atoms with Crippen molar-refractivity contribution in [3.63, 3.8) is 0 Å². The van der Waals surface area contributed by atoms with E-state index in [0.717, 1.165) is 15.7 Å². The van der Waals surface area contributed by atoms with E-state index in [1.165, 1.54) is 0 Å². The molecule has 0 unspecified atom stereocenters. The summed E-state index contributed by atoms with van der Waals surface area (Å²) < 4.78 is 11.4. The van der Waals surface area contributed by atoms with Gasteiger partial charge in [0.2, 0.25) is 0 Å². The average Bonchev–Trinajstić information content (AvgIpc) is 2.46. The third-order valence-electron chi connectivity index (χ3n) is 3.07. The molecule has 0 saturated carbocycles. The van der Waals surface area contributed by atoms with Gasteiger partial charge in [0.25, 0.3) is 0 Å². The molecule has 0 spiro atoms. The van der Waals surface area contributed by atoms with Crippen LogP contribution in [0, 0.1) is 0 Å². The van der Waals surface area contributed by atoms with Crippen LogP contribution in [0.5, 0.6) is 11.5 Å². The average molecular weight is 352 g/mol. The molecule has 112 valence electrons. The molecule has 0 aliphatic rings. The van der Waals surface area contributed by atoms with Crippen LogP contribution in [0.3, 0.4) is 0 Å². The highest BCUT2D eigenvalue weighted by molar-refractivity contribution is 9.10. The molecule has 0 fully saturated rings. The molecule has 0 aliphatic carbocycles. The molecule has 1 heterocycles. The lowest BCUT2D eigenvalue weighted by molar-refractivity contribution is 0.355. The number of nitrogens with zero attached hydrogens (tertiary/aromatic N) is 2. The molecular weight excluding hydrogens is 334 g/mol. The number of hydrogen-bond acceptors (Lipinski definition) is 5. The first-order valence-corrected chi connectivity index (χ1v) is 7.32. The Morgan fingerprint density at radius 1 is 1.05 bits per heavy atom. The van der Waals surface area contributed by atoms with Crippen LogP contribution >= 0.6 is 15.9 Å². The maximum absolute atomic E-state index is 5.89. The van der Waals surface area contributed by atoms with E-state index in [4.69, 9.17) is 15.2 Å². The van der Waals surface area contributed by atoms with Gasteiger partial charge in [0, 0.05) is 21.8 Å². The SMILES string of the molecule is COc1cc(Br)c(-c2nc(N)cc(C(C)C)n2)cc1OC. The van der Waals surface area contributed by atoms with Crippen LogP contribution in [-0.4, -0.2) is 24.2 Å². The van der Waals surface area contributed by atoms with Crippen molar-refractivity contribution in [3.05, 3.63) is 28.4 Å². The maximum atomic E-state index is 5.89. The van der Waals surface area contributed by atoms with Crippen LogP contribution in [0.25, 0.3) is 11.4 Å². The Morgan fingerprint density at radius 3 is 2.24 bits per heavy atom. The lowest BCUT2D eigenvalue weighted by atomic mass is 10.1. The lowest BCUT2D eigenvalue weighted by Gasteiger charge is -2.13. The van der Waals surface area contributed by atoms with Gasteiger partial charge in [-0.2, -0.15) is 0 Å². The fourth-order valence-corrected chi connectivity index (χ4v) is 2.43. The Hall–Kier alpha value is -1.82. The number of nitrogens with two attached hydrogens (primary N) is 1. The Bertz CT molecular complexity index is 660. The summed E-state index contributed by atoms with van der Waals surface area (Å²) >= 11 is 3.52. The molecule has 2 N–H and O–H groups in total. The summed E-state index contributed by atoms with van der Waals surface area (Å²) in [6.45, 7) is 4.13. The Labute approximate surface area is 132 Å². The van der Waals surface area contributed by atoms with Gasteiger partial charge in [-0.3, -0.25) is 0 Å². The molecule has 6 heteroatoms. The zero-order valence-electron chi connectivity index (χ0n) is 12.5. The lowest BCUT2D eigenvalue weighted by Crippen LogP contribution is -2.02. The number of nitrogen functional groups attached to an aromatic ring is 1. The summed E-state index contributed by atoms with van der Waals surface area (Å²) in [6.07, 6.45) is 0. The van der Waals surface area contributed by atoms with Gasteiger partial charge in [-0.25, -0.2) is 9.97 Å². The second-order valence-electron chi connectivity index (χ2n) is 4.88. The zero-order valence-corrected chi connectivity index (χ0v) is 14.1. The van der Waals surface area contributed by atoms with Crippen molar-refractivity contribution in [2.75, 3.05) is 20.0 Å². The van der Waals surface area contributed by atoms with Gasteiger partial charge in [-0.15, -0.1) is 0 Å². The summed E-state index contributed by atoms with van der Waals surface area (Å²) in [5.74, 6) is 2.54. The summed E-state index contributed by atoms with van der Waals surface area (Å²) in [5.41, 5.74) is 7.60.